The minimum atomic E-state index is -0.477. The summed E-state index contributed by atoms with van der Waals surface area (Å²) in [5, 5.41) is 0.998. The Morgan fingerprint density at radius 1 is 0.840 bits per heavy atom. The molecular formula is C20H26ClN3S. The monoisotopic (exact) mass is 375 g/mol. The first kappa shape index (κ1) is 18.3. The second-order valence-corrected chi connectivity index (χ2v) is 8.34. The first-order valence-corrected chi connectivity index (χ1v) is 11.1. The van der Waals surface area contributed by atoms with E-state index in [1.165, 1.54) is 11.4 Å². The number of anilines is 2. The Kier molecular flexibility index (Phi) is 5.70. The maximum atomic E-state index is 6.93. The molecule has 2 aromatic carbocycles. The maximum Gasteiger partial charge on any atom is 0.0781 e. The van der Waals surface area contributed by atoms with Gasteiger partial charge in [0.25, 0.3) is 0 Å². The summed E-state index contributed by atoms with van der Waals surface area (Å²) in [6.07, 6.45) is 0. The highest BCUT2D eigenvalue weighted by Crippen LogP contribution is 2.44. The van der Waals surface area contributed by atoms with Gasteiger partial charge in [-0.15, -0.1) is 0 Å². The summed E-state index contributed by atoms with van der Waals surface area (Å²) in [6.45, 7) is 12.7. The molecule has 0 saturated heterocycles. The summed E-state index contributed by atoms with van der Waals surface area (Å²) < 4.78 is 1.13. The van der Waals surface area contributed by atoms with Gasteiger partial charge in [-0.3, -0.25) is 0 Å². The zero-order chi connectivity index (χ0) is 18.0. The lowest BCUT2D eigenvalue weighted by molar-refractivity contribution is 0.864. The maximum absolute atomic E-state index is 6.93. The number of halogens is 1. The van der Waals surface area contributed by atoms with Crippen molar-refractivity contribution in [1.82, 2.24) is 0 Å². The van der Waals surface area contributed by atoms with Gasteiger partial charge < -0.3 is 9.80 Å². The van der Waals surface area contributed by atoms with E-state index in [4.69, 9.17) is 15.7 Å². The van der Waals surface area contributed by atoms with Crippen LogP contribution in [0.2, 0.25) is 0 Å². The van der Waals surface area contributed by atoms with Crippen LogP contribution in [0.4, 0.5) is 17.1 Å². The number of hydrogen-bond acceptors (Lipinski definition) is 3. The van der Waals surface area contributed by atoms with E-state index in [0.29, 0.717) is 0 Å². The van der Waals surface area contributed by atoms with E-state index in [0.717, 1.165) is 46.6 Å². The zero-order valence-electron chi connectivity index (χ0n) is 15.4. The molecule has 1 atom stereocenters. The topological polar surface area (TPSA) is 18.8 Å². The van der Waals surface area contributed by atoms with Gasteiger partial charge in [-0.05, 0) is 74.8 Å². The quantitative estimate of drug-likeness (QED) is 0.631. The van der Waals surface area contributed by atoms with Crippen molar-refractivity contribution in [3.05, 3.63) is 46.3 Å². The van der Waals surface area contributed by atoms with Gasteiger partial charge in [0.2, 0.25) is 0 Å². The molecule has 0 spiro atoms. The summed E-state index contributed by atoms with van der Waals surface area (Å²) in [5.41, 5.74) is 3.44. The van der Waals surface area contributed by atoms with Crippen molar-refractivity contribution < 1.29 is 0 Å². The largest absolute Gasteiger partial charge is 0.372 e. The number of fused-ring (bicyclic) bond motifs is 2. The van der Waals surface area contributed by atoms with Gasteiger partial charge in [-0.2, -0.15) is 0 Å². The fourth-order valence-electron chi connectivity index (χ4n) is 3.30. The SMILES string of the molecule is CCN(CC)c1ccc2c(c1)S(Cl)=c1cc(N(CC)CC)ccc1=N2. The highest BCUT2D eigenvalue weighted by Gasteiger charge is 2.14. The molecule has 134 valence electrons. The van der Waals surface area contributed by atoms with Gasteiger partial charge in [0.1, 0.15) is 0 Å². The lowest BCUT2D eigenvalue weighted by Crippen LogP contribution is -2.22. The van der Waals surface area contributed by atoms with Crippen LogP contribution in [0.25, 0.3) is 0 Å². The van der Waals surface area contributed by atoms with Crippen LogP contribution in [0.15, 0.2) is 46.3 Å². The summed E-state index contributed by atoms with van der Waals surface area (Å²) >= 11 is 0. The van der Waals surface area contributed by atoms with Crippen LogP contribution in [-0.2, 0) is 0 Å². The van der Waals surface area contributed by atoms with E-state index in [1.807, 2.05) is 0 Å². The van der Waals surface area contributed by atoms with E-state index in [9.17, 15) is 0 Å². The summed E-state index contributed by atoms with van der Waals surface area (Å²) in [7, 11) is 6.46. The molecule has 1 heterocycles. The molecule has 0 aliphatic carbocycles. The molecule has 0 fully saturated rings. The molecule has 3 rings (SSSR count). The molecule has 0 aromatic heterocycles. The molecule has 0 bridgehead atoms. The first-order chi connectivity index (χ1) is 12.1. The third-order valence-corrected chi connectivity index (χ3v) is 7.19. The molecule has 0 radical (unpaired) electrons. The number of nitrogens with zero attached hydrogens (tertiary/aromatic N) is 3. The number of rotatable bonds is 6. The Labute approximate surface area is 157 Å². The van der Waals surface area contributed by atoms with Crippen molar-refractivity contribution in [2.75, 3.05) is 36.0 Å². The Morgan fingerprint density at radius 3 is 2.00 bits per heavy atom. The summed E-state index contributed by atoms with van der Waals surface area (Å²) in [6, 6.07) is 12.9. The minimum Gasteiger partial charge on any atom is -0.372 e. The lowest BCUT2D eigenvalue weighted by atomic mass is 10.2. The Balaban J connectivity index is 2.15. The molecule has 5 heteroatoms. The van der Waals surface area contributed by atoms with Crippen molar-refractivity contribution in [3.8, 4) is 0 Å². The Hall–Kier alpha value is -1.52. The van der Waals surface area contributed by atoms with Crippen LogP contribution in [0.5, 0.6) is 0 Å². The van der Waals surface area contributed by atoms with Gasteiger partial charge in [-0.25, -0.2) is 4.99 Å². The van der Waals surface area contributed by atoms with Crippen molar-refractivity contribution in [2.24, 2.45) is 4.99 Å². The van der Waals surface area contributed by atoms with Crippen LogP contribution in [0.1, 0.15) is 27.7 Å². The van der Waals surface area contributed by atoms with Crippen molar-refractivity contribution >= 4 is 37.4 Å². The minimum absolute atomic E-state index is 0.477. The third kappa shape index (κ3) is 3.42. The van der Waals surface area contributed by atoms with E-state index in [-0.39, 0.29) is 0 Å². The molecule has 0 amide bonds. The van der Waals surface area contributed by atoms with Crippen LogP contribution in [0.3, 0.4) is 0 Å². The molecule has 1 aliphatic heterocycles. The van der Waals surface area contributed by atoms with E-state index >= 15 is 0 Å². The fraction of sp³-hybridized carbons (Fsp3) is 0.400. The normalized spacial score (nSPS) is 15.2. The summed E-state index contributed by atoms with van der Waals surface area (Å²) in [5.74, 6) is 0. The smallest absolute Gasteiger partial charge is 0.0781 e. The molecule has 3 nitrogen and oxygen atoms in total. The van der Waals surface area contributed by atoms with Crippen molar-refractivity contribution in [1.29, 1.82) is 0 Å². The van der Waals surface area contributed by atoms with Crippen LogP contribution < -0.4 is 15.2 Å². The van der Waals surface area contributed by atoms with Crippen LogP contribution in [-0.4, -0.2) is 26.2 Å². The molecule has 25 heavy (non-hydrogen) atoms. The molecule has 2 aromatic rings. The van der Waals surface area contributed by atoms with Crippen molar-refractivity contribution in [3.63, 3.8) is 0 Å². The van der Waals surface area contributed by atoms with Gasteiger partial charge >= 0.3 is 0 Å². The molecule has 1 unspecified atom stereocenters. The van der Waals surface area contributed by atoms with Gasteiger partial charge in [-0.1, -0.05) is 9.70 Å². The first-order valence-electron chi connectivity index (χ1n) is 9.03. The van der Waals surface area contributed by atoms with Gasteiger partial charge in [0.05, 0.1) is 11.0 Å². The van der Waals surface area contributed by atoms with E-state index in [1.54, 1.807) is 0 Å². The van der Waals surface area contributed by atoms with E-state index in [2.05, 4.69) is 73.9 Å². The van der Waals surface area contributed by atoms with Crippen molar-refractivity contribution in [2.45, 2.75) is 32.6 Å². The number of hydrogen-bond donors (Lipinski definition) is 0. The zero-order valence-corrected chi connectivity index (χ0v) is 17.0. The van der Waals surface area contributed by atoms with Crippen LogP contribution >= 0.6 is 20.4 Å². The number of benzene rings is 2. The average molecular weight is 376 g/mol. The van der Waals surface area contributed by atoms with Crippen LogP contribution in [0, 0.1) is 4.51 Å². The average Bonchev–Trinajstić information content (AvgIpc) is 2.64. The van der Waals surface area contributed by atoms with E-state index < -0.39 is 9.70 Å². The highest BCUT2D eigenvalue weighted by atomic mass is 35.7. The van der Waals surface area contributed by atoms with Gasteiger partial charge in [0, 0.05) is 47.0 Å². The fourth-order valence-corrected chi connectivity index (χ4v) is 5.32. The lowest BCUT2D eigenvalue weighted by Gasteiger charge is -2.23. The molecule has 0 saturated carbocycles. The predicted octanol–water partition coefficient (Wildman–Crippen LogP) is 5.38. The second kappa shape index (κ2) is 7.79. The predicted molar refractivity (Wildman–Crippen MR) is 111 cm³/mol. The second-order valence-electron chi connectivity index (χ2n) is 6.02. The standard InChI is InChI=1S/C20H26ClN3S/c1-5-23(6-2)15-9-11-17-19(13-15)25(21)20-14-16(24(7-3)8-4)10-12-18(20)22-17/h9-14H,5-8H2,1-4H3. The molecule has 1 aliphatic rings. The Bertz CT molecular complexity index is 886. The molecule has 0 N–H and O–H groups in total. The summed E-state index contributed by atoms with van der Waals surface area (Å²) in [4.78, 5) is 10.7. The highest BCUT2D eigenvalue weighted by molar-refractivity contribution is 8.29. The molecular weight excluding hydrogens is 350 g/mol. The van der Waals surface area contributed by atoms with Gasteiger partial charge in [0.15, 0.2) is 0 Å². The third-order valence-electron chi connectivity index (χ3n) is 4.77. The Morgan fingerprint density at radius 2 is 1.40 bits per heavy atom.